The summed E-state index contributed by atoms with van der Waals surface area (Å²) in [6.45, 7) is 1.84. The highest BCUT2D eigenvalue weighted by molar-refractivity contribution is 5.96. The Hall–Kier alpha value is -3.41. The van der Waals surface area contributed by atoms with Gasteiger partial charge in [0.15, 0.2) is 5.82 Å². The van der Waals surface area contributed by atoms with Gasteiger partial charge in [0.05, 0.1) is 5.52 Å². The average Bonchev–Trinajstić information content (AvgIpc) is 2.61. The normalized spacial score (nSPS) is 10.6. The summed E-state index contributed by atoms with van der Waals surface area (Å²) < 4.78 is 27.2. The lowest BCUT2D eigenvalue weighted by molar-refractivity contribution is 0.584. The maximum Gasteiger partial charge on any atom is 0.163 e. The van der Waals surface area contributed by atoms with Crippen LogP contribution in [0.15, 0.2) is 54.9 Å². The second-order valence-corrected chi connectivity index (χ2v) is 5.96. The summed E-state index contributed by atoms with van der Waals surface area (Å²) in [4.78, 5) is 13.0. The first-order valence-electron chi connectivity index (χ1n) is 7.96. The van der Waals surface area contributed by atoms with Gasteiger partial charge in [0.25, 0.3) is 0 Å². The van der Waals surface area contributed by atoms with Gasteiger partial charge in [-0.05, 0) is 53.9 Å². The molecular weight excluding hydrogens is 346 g/mol. The number of nitrogens with zero attached hydrogens (tertiary/aromatic N) is 3. The van der Waals surface area contributed by atoms with Crippen molar-refractivity contribution in [1.29, 1.82) is 0 Å². The molecule has 0 amide bonds. The van der Waals surface area contributed by atoms with Crippen LogP contribution in [0, 0.1) is 18.6 Å². The van der Waals surface area contributed by atoms with Crippen LogP contribution in [0.2, 0.25) is 0 Å². The number of fused-ring (bicyclic) bond motifs is 1. The van der Waals surface area contributed by atoms with E-state index in [0.29, 0.717) is 33.7 Å². The molecule has 4 nitrogen and oxygen atoms in total. The first-order valence-corrected chi connectivity index (χ1v) is 7.96. The number of rotatable bonds is 2. The maximum atomic E-state index is 13.6. The highest BCUT2D eigenvalue weighted by Gasteiger charge is 2.14. The summed E-state index contributed by atoms with van der Waals surface area (Å²) in [6, 6.07) is 10.6. The third kappa shape index (κ3) is 3.33. The van der Waals surface area contributed by atoms with Gasteiger partial charge in [0.1, 0.15) is 17.5 Å². The first kappa shape index (κ1) is 18.4. The Morgan fingerprint density at radius 2 is 1.67 bits per heavy atom. The van der Waals surface area contributed by atoms with Gasteiger partial charge in [0, 0.05) is 29.4 Å². The van der Waals surface area contributed by atoms with Crippen LogP contribution in [0.3, 0.4) is 0 Å². The molecule has 27 heavy (non-hydrogen) atoms. The van der Waals surface area contributed by atoms with Crippen LogP contribution >= 0.6 is 0 Å². The predicted molar refractivity (Wildman–Crippen MR) is 104 cm³/mol. The van der Waals surface area contributed by atoms with Crippen molar-refractivity contribution in [2.45, 2.75) is 14.4 Å². The van der Waals surface area contributed by atoms with Gasteiger partial charge >= 0.3 is 0 Å². The van der Waals surface area contributed by atoms with Crippen molar-refractivity contribution in [3.05, 3.63) is 72.1 Å². The summed E-state index contributed by atoms with van der Waals surface area (Å²) in [5.74, 6) is -0.469. The highest BCUT2D eigenvalue weighted by atomic mass is 19.1. The molecule has 0 spiro atoms. The van der Waals surface area contributed by atoms with Crippen molar-refractivity contribution in [3.63, 3.8) is 0 Å². The predicted octanol–water partition coefficient (Wildman–Crippen LogP) is 5.16. The molecule has 0 saturated heterocycles. The zero-order chi connectivity index (χ0) is 18.3. The standard InChI is InChI=1S/C20H14F2N4.CH4/c1-11-16(13-7-14(21)9-15(22)8-13)4-5-17-18(11)19(23)26-20(25-17)12-3-2-6-24-10-12;/h2-10H,1H3,(H2,23,25,26);1H4. The highest BCUT2D eigenvalue weighted by Crippen LogP contribution is 2.33. The van der Waals surface area contributed by atoms with Crippen LogP contribution < -0.4 is 5.73 Å². The molecule has 2 heterocycles. The number of hydrogen-bond acceptors (Lipinski definition) is 4. The van der Waals surface area contributed by atoms with Gasteiger partial charge < -0.3 is 5.73 Å². The second kappa shape index (κ2) is 7.07. The van der Waals surface area contributed by atoms with E-state index in [9.17, 15) is 8.78 Å². The number of benzene rings is 2. The van der Waals surface area contributed by atoms with Crippen molar-refractivity contribution in [2.24, 2.45) is 0 Å². The summed E-state index contributed by atoms with van der Waals surface area (Å²) in [5.41, 5.74) is 9.49. The molecular formula is C21H18F2N4. The van der Waals surface area contributed by atoms with Crippen LogP contribution in [-0.4, -0.2) is 15.0 Å². The van der Waals surface area contributed by atoms with Crippen molar-refractivity contribution in [1.82, 2.24) is 15.0 Å². The Kier molecular flexibility index (Phi) is 4.81. The molecule has 0 fully saturated rings. The fourth-order valence-corrected chi connectivity index (χ4v) is 3.07. The van der Waals surface area contributed by atoms with E-state index in [-0.39, 0.29) is 7.43 Å². The summed E-state index contributed by atoms with van der Waals surface area (Å²) in [6.07, 6.45) is 3.33. The molecule has 2 aromatic carbocycles. The summed E-state index contributed by atoms with van der Waals surface area (Å²) >= 11 is 0. The van der Waals surface area contributed by atoms with E-state index >= 15 is 0 Å². The minimum absolute atomic E-state index is 0. The molecule has 2 aromatic heterocycles. The maximum absolute atomic E-state index is 13.6. The molecule has 0 aliphatic rings. The number of aromatic nitrogens is 3. The number of halogens is 2. The van der Waals surface area contributed by atoms with Gasteiger partial charge in [-0.2, -0.15) is 0 Å². The number of aryl methyl sites for hydroxylation is 1. The van der Waals surface area contributed by atoms with Gasteiger partial charge in [-0.1, -0.05) is 13.5 Å². The molecule has 2 N–H and O–H groups in total. The molecule has 6 heteroatoms. The molecule has 0 aliphatic heterocycles. The fourth-order valence-electron chi connectivity index (χ4n) is 3.07. The molecule has 4 aromatic rings. The Bertz CT molecular complexity index is 1110. The minimum Gasteiger partial charge on any atom is -0.383 e. The van der Waals surface area contributed by atoms with E-state index in [4.69, 9.17) is 5.73 Å². The van der Waals surface area contributed by atoms with E-state index in [2.05, 4.69) is 15.0 Å². The lowest BCUT2D eigenvalue weighted by Gasteiger charge is -2.12. The van der Waals surface area contributed by atoms with Crippen molar-refractivity contribution < 1.29 is 8.78 Å². The second-order valence-electron chi connectivity index (χ2n) is 5.96. The van der Waals surface area contributed by atoms with Crippen molar-refractivity contribution in [3.8, 4) is 22.5 Å². The monoisotopic (exact) mass is 364 g/mol. The molecule has 0 bridgehead atoms. The Balaban J connectivity index is 0.00000210. The molecule has 0 unspecified atom stereocenters. The van der Waals surface area contributed by atoms with Crippen LogP contribution in [0.4, 0.5) is 14.6 Å². The Morgan fingerprint density at radius 1 is 0.926 bits per heavy atom. The van der Waals surface area contributed by atoms with Gasteiger partial charge in [-0.25, -0.2) is 18.7 Å². The third-order valence-electron chi connectivity index (χ3n) is 4.25. The van der Waals surface area contributed by atoms with Crippen LogP contribution in [0.1, 0.15) is 13.0 Å². The third-order valence-corrected chi connectivity index (χ3v) is 4.25. The number of pyridine rings is 1. The zero-order valence-electron chi connectivity index (χ0n) is 13.9. The van der Waals surface area contributed by atoms with Crippen molar-refractivity contribution in [2.75, 3.05) is 5.73 Å². The lowest BCUT2D eigenvalue weighted by atomic mass is 9.97. The van der Waals surface area contributed by atoms with Crippen LogP contribution in [0.25, 0.3) is 33.4 Å². The number of nitrogens with two attached hydrogens (primary N) is 1. The smallest absolute Gasteiger partial charge is 0.163 e. The molecule has 0 aliphatic carbocycles. The average molecular weight is 364 g/mol. The minimum atomic E-state index is -0.629. The quantitative estimate of drug-likeness (QED) is 0.533. The van der Waals surface area contributed by atoms with Crippen LogP contribution in [-0.2, 0) is 0 Å². The number of anilines is 1. The van der Waals surface area contributed by atoms with Gasteiger partial charge in [0.2, 0.25) is 0 Å². The zero-order valence-corrected chi connectivity index (χ0v) is 13.9. The molecule has 136 valence electrons. The summed E-state index contributed by atoms with van der Waals surface area (Å²) in [7, 11) is 0. The van der Waals surface area contributed by atoms with Crippen LogP contribution in [0.5, 0.6) is 0 Å². The topological polar surface area (TPSA) is 64.7 Å². The lowest BCUT2D eigenvalue weighted by Crippen LogP contribution is -2.00. The molecule has 4 rings (SSSR count). The van der Waals surface area contributed by atoms with E-state index in [1.165, 1.54) is 12.1 Å². The van der Waals surface area contributed by atoms with E-state index in [1.54, 1.807) is 30.6 Å². The number of nitrogen functional groups attached to an aromatic ring is 1. The molecule has 0 radical (unpaired) electrons. The molecule has 0 saturated carbocycles. The Labute approximate surface area is 155 Å². The Morgan fingerprint density at radius 3 is 2.33 bits per heavy atom. The van der Waals surface area contributed by atoms with Gasteiger partial charge in [-0.3, -0.25) is 4.98 Å². The van der Waals surface area contributed by atoms with E-state index in [1.807, 2.05) is 13.0 Å². The first-order chi connectivity index (χ1) is 12.5. The molecule has 0 atom stereocenters. The van der Waals surface area contributed by atoms with E-state index in [0.717, 1.165) is 17.2 Å². The summed E-state index contributed by atoms with van der Waals surface area (Å²) in [5, 5.41) is 0.666. The van der Waals surface area contributed by atoms with Crippen molar-refractivity contribution >= 4 is 16.7 Å². The SMILES string of the molecule is C.Cc1c(-c2cc(F)cc(F)c2)ccc2nc(-c3cccnc3)nc(N)c12. The van der Waals surface area contributed by atoms with E-state index < -0.39 is 11.6 Å². The van der Waals surface area contributed by atoms with Gasteiger partial charge in [-0.15, -0.1) is 0 Å². The number of hydrogen-bond donors (Lipinski definition) is 1. The fraction of sp³-hybridized carbons (Fsp3) is 0.0952. The largest absolute Gasteiger partial charge is 0.383 e.